The summed E-state index contributed by atoms with van der Waals surface area (Å²) in [4.78, 5) is 36.5. The zero-order valence-electron chi connectivity index (χ0n) is 21.1. The largest absolute Gasteiger partial charge is 0.487 e. The maximum Gasteiger partial charge on any atom is 0.246 e. The number of piperidine rings is 1. The number of likely N-dealkylation sites (tertiary alicyclic amines) is 1. The molecule has 2 aliphatic heterocycles. The number of rotatable bonds is 6. The summed E-state index contributed by atoms with van der Waals surface area (Å²) in [6.45, 7) is 8.53. The number of fused-ring (bicyclic) bond motifs is 3. The molecule has 2 aromatic heterocycles. The van der Waals surface area contributed by atoms with Crippen LogP contribution in [0.4, 0.5) is 0 Å². The maximum atomic E-state index is 13.0. The van der Waals surface area contributed by atoms with E-state index in [-0.39, 0.29) is 17.7 Å². The van der Waals surface area contributed by atoms with Crippen molar-refractivity contribution in [2.45, 2.75) is 38.6 Å². The van der Waals surface area contributed by atoms with E-state index in [1.54, 1.807) is 12.3 Å². The van der Waals surface area contributed by atoms with Gasteiger partial charge in [0.2, 0.25) is 5.91 Å². The number of aryl methyl sites for hydroxylation is 2. The number of aromatic nitrogens is 3. The predicted molar refractivity (Wildman–Crippen MR) is 138 cm³/mol. The Kier molecular flexibility index (Phi) is 7.50. The number of Topliss-reactive ketones (excluding diaryl/α,β-unsaturated/α-hetero) is 1. The van der Waals surface area contributed by atoms with Gasteiger partial charge in [-0.05, 0) is 50.1 Å². The highest BCUT2D eigenvalue weighted by molar-refractivity contribution is 5.96. The number of hydrogen-bond donors (Lipinski definition) is 0. The van der Waals surface area contributed by atoms with Gasteiger partial charge in [0.25, 0.3) is 0 Å². The summed E-state index contributed by atoms with van der Waals surface area (Å²) in [5, 5.41) is 0. The molecule has 0 unspecified atom stereocenters. The van der Waals surface area contributed by atoms with Crippen LogP contribution in [0.25, 0.3) is 11.0 Å². The van der Waals surface area contributed by atoms with Crippen LogP contribution >= 0.6 is 0 Å². The van der Waals surface area contributed by atoms with Crippen LogP contribution in [0, 0.1) is 6.92 Å². The molecule has 37 heavy (non-hydrogen) atoms. The molecule has 0 spiro atoms. The van der Waals surface area contributed by atoms with Gasteiger partial charge in [-0.15, -0.1) is 0 Å². The first-order chi connectivity index (χ1) is 18.0. The SMILES string of the molecule is C=CC(=O)N1CCC[C@@H](n2c(CCC(=O)c3ccnc(C)c3)nc3ccc4c(c32)OCCOCCO4)C1. The Labute approximate surface area is 216 Å². The van der Waals surface area contributed by atoms with Crippen LogP contribution < -0.4 is 9.47 Å². The minimum Gasteiger partial charge on any atom is -0.487 e. The van der Waals surface area contributed by atoms with E-state index in [1.807, 2.05) is 30.0 Å². The standard InChI is InChI=1S/C28H32N4O5/c1-3-26(34)31-12-4-5-21(18-31)32-25(9-7-23(33)20-10-11-29-19(2)17-20)30-22-6-8-24-28(27(22)32)37-16-14-35-13-15-36-24/h3,6,8,10-11,17,21H,1,4-5,7,9,12-16,18H2,2H3/t21-/m1/s1. The van der Waals surface area contributed by atoms with Gasteiger partial charge >= 0.3 is 0 Å². The molecule has 1 atom stereocenters. The third-order valence-electron chi connectivity index (χ3n) is 6.84. The Morgan fingerprint density at radius 3 is 2.81 bits per heavy atom. The van der Waals surface area contributed by atoms with Crippen molar-refractivity contribution >= 4 is 22.7 Å². The molecule has 0 saturated carbocycles. The quantitative estimate of drug-likeness (QED) is 0.373. The highest BCUT2D eigenvalue weighted by atomic mass is 16.6. The van der Waals surface area contributed by atoms with Crippen LogP contribution in [0.3, 0.4) is 0 Å². The summed E-state index contributed by atoms with van der Waals surface area (Å²) in [5.74, 6) is 2.02. The molecule has 2 aliphatic rings. The molecule has 1 aromatic carbocycles. The van der Waals surface area contributed by atoms with E-state index in [0.29, 0.717) is 69.4 Å². The average molecular weight is 505 g/mol. The van der Waals surface area contributed by atoms with Gasteiger partial charge in [0, 0.05) is 43.4 Å². The first-order valence-corrected chi connectivity index (χ1v) is 12.8. The van der Waals surface area contributed by atoms with Gasteiger partial charge < -0.3 is 23.7 Å². The average Bonchev–Trinajstić information content (AvgIpc) is 3.34. The lowest BCUT2D eigenvalue weighted by atomic mass is 10.0. The van der Waals surface area contributed by atoms with Crippen LogP contribution in [-0.4, -0.2) is 70.6 Å². The Hall–Kier alpha value is -3.72. The second-order valence-electron chi connectivity index (χ2n) is 9.36. The number of carbonyl (C=O) groups is 2. The number of imidazole rings is 1. The Bertz CT molecular complexity index is 1320. The second-order valence-corrected chi connectivity index (χ2v) is 9.36. The minimum absolute atomic E-state index is 0.0186. The third kappa shape index (κ3) is 5.36. The molecule has 5 rings (SSSR count). The fourth-order valence-corrected chi connectivity index (χ4v) is 5.11. The number of amides is 1. The zero-order valence-corrected chi connectivity index (χ0v) is 21.1. The Morgan fingerprint density at radius 1 is 1.16 bits per heavy atom. The molecule has 1 saturated heterocycles. The highest BCUT2D eigenvalue weighted by Gasteiger charge is 2.29. The fraction of sp³-hybridized carbons (Fsp3) is 0.429. The summed E-state index contributed by atoms with van der Waals surface area (Å²) >= 11 is 0. The van der Waals surface area contributed by atoms with Crippen molar-refractivity contribution in [2.24, 2.45) is 0 Å². The van der Waals surface area contributed by atoms with Gasteiger partial charge in [-0.1, -0.05) is 6.58 Å². The van der Waals surface area contributed by atoms with Crippen molar-refractivity contribution in [3.8, 4) is 11.5 Å². The van der Waals surface area contributed by atoms with Gasteiger partial charge in [-0.3, -0.25) is 14.6 Å². The van der Waals surface area contributed by atoms with Crippen molar-refractivity contribution in [1.82, 2.24) is 19.4 Å². The summed E-state index contributed by atoms with van der Waals surface area (Å²) < 4.78 is 19.9. The maximum absolute atomic E-state index is 13.0. The van der Waals surface area contributed by atoms with Gasteiger partial charge in [0.05, 0.1) is 24.8 Å². The highest BCUT2D eigenvalue weighted by Crippen LogP contribution is 2.40. The van der Waals surface area contributed by atoms with Crippen LogP contribution in [0.2, 0.25) is 0 Å². The van der Waals surface area contributed by atoms with Crippen molar-refractivity contribution in [2.75, 3.05) is 39.5 Å². The zero-order chi connectivity index (χ0) is 25.8. The lowest BCUT2D eigenvalue weighted by molar-refractivity contribution is -0.127. The van der Waals surface area contributed by atoms with E-state index in [0.717, 1.165) is 35.4 Å². The van der Waals surface area contributed by atoms with Gasteiger partial charge in [-0.25, -0.2) is 4.98 Å². The number of carbonyl (C=O) groups excluding carboxylic acids is 2. The van der Waals surface area contributed by atoms with Gasteiger partial charge in [0.1, 0.15) is 24.6 Å². The first-order valence-electron chi connectivity index (χ1n) is 12.8. The first kappa shape index (κ1) is 25.0. The molecule has 9 heteroatoms. The second kappa shape index (κ2) is 11.1. The van der Waals surface area contributed by atoms with Crippen molar-refractivity contribution in [3.63, 3.8) is 0 Å². The molecule has 194 valence electrons. The topological polar surface area (TPSA) is 95.8 Å². The molecule has 1 amide bonds. The summed E-state index contributed by atoms with van der Waals surface area (Å²) in [6, 6.07) is 7.35. The van der Waals surface area contributed by atoms with E-state index in [1.165, 1.54) is 6.08 Å². The summed E-state index contributed by atoms with van der Waals surface area (Å²) in [6.07, 6.45) is 5.53. The predicted octanol–water partition coefficient (Wildman–Crippen LogP) is 3.69. The molecule has 0 aliphatic carbocycles. The number of benzene rings is 1. The molecular weight excluding hydrogens is 472 g/mol. The van der Waals surface area contributed by atoms with Gasteiger partial charge in [0.15, 0.2) is 17.3 Å². The normalized spacial score (nSPS) is 18.1. The van der Waals surface area contributed by atoms with E-state index in [4.69, 9.17) is 19.2 Å². The molecule has 0 bridgehead atoms. The number of ether oxygens (including phenoxy) is 3. The number of hydrogen-bond acceptors (Lipinski definition) is 7. The molecule has 1 fully saturated rings. The van der Waals surface area contributed by atoms with Crippen molar-refractivity contribution < 1.29 is 23.8 Å². The number of nitrogens with zero attached hydrogens (tertiary/aromatic N) is 4. The lowest BCUT2D eigenvalue weighted by Crippen LogP contribution is -2.40. The number of pyridine rings is 1. The fourth-order valence-electron chi connectivity index (χ4n) is 5.11. The molecule has 4 heterocycles. The van der Waals surface area contributed by atoms with Crippen LogP contribution in [0.1, 0.15) is 47.2 Å². The number of ketones is 1. The molecule has 9 nitrogen and oxygen atoms in total. The molecule has 0 N–H and O–H groups in total. The summed E-state index contributed by atoms with van der Waals surface area (Å²) in [7, 11) is 0. The molecule has 0 radical (unpaired) electrons. The summed E-state index contributed by atoms with van der Waals surface area (Å²) in [5.41, 5.74) is 3.06. The Balaban J connectivity index is 1.55. The van der Waals surface area contributed by atoms with Crippen LogP contribution in [-0.2, 0) is 16.0 Å². The van der Waals surface area contributed by atoms with E-state index in [2.05, 4.69) is 16.1 Å². The Morgan fingerprint density at radius 2 is 2.00 bits per heavy atom. The van der Waals surface area contributed by atoms with E-state index >= 15 is 0 Å². The van der Waals surface area contributed by atoms with Gasteiger partial charge in [-0.2, -0.15) is 0 Å². The van der Waals surface area contributed by atoms with Crippen LogP contribution in [0.15, 0.2) is 43.1 Å². The minimum atomic E-state index is -0.0811. The third-order valence-corrected chi connectivity index (χ3v) is 6.84. The van der Waals surface area contributed by atoms with E-state index in [9.17, 15) is 9.59 Å². The van der Waals surface area contributed by atoms with E-state index < -0.39 is 0 Å². The van der Waals surface area contributed by atoms with Crippen molar-refractivity contribution in [3.05, 3.63) is 60.2 Å². The van der Waals surface area contributed by atoms with Crippen molar-refractivity contribution in [1.29, 1.82) is 0 Å². The monoisotopic (exact) mass is 504 g/mol. The van der Waals surface area contributed by atoms with Crippen LogP contribution in [0.5, 0.6) is 11.5 Å². The lowest BCUT2D eigenvalue weighted by Gasteiger charge is -2.34. The molecule has 3 aromatic rings. The molecular formula is C28H32N4O5. The smallest absolute Gasteiger partial charge is 0.246 e.